The summed E-state index contributed by atoms with van der Waals surface area (Å²) in [4.78, 5) is 0. The van der Waals surface area contributed by atoms with Crippen molar-refractivity contribution in [1.82, 2.24) is 0 Å². The fourth-order valence-electron chi connectivity index (χ4n) is 1.91. The third-order valence-electron chi connectivity index (χ3n) is 2.84. The van der Waals surface area contributed by atoms with E-state index in [1.54, 1.807) is 0 Å². The van der Waals surface area contributed by atoms with E-state index < -0.39 is 0 Å². The predicted molar refractivity (Wildman–Crippen MR) is 69.5 cm³/mol. The largest absolute Gasteiger partial charge is 0.388 e. The summed E-state index contributed by atoms with van der Waals surface area (Å²) < 4.78 is 0. The second-order valence-electron chi connectivity index (χ2n) is 5.00. The zero-order valence-electron chi connectivity index (χ0n) is 10.7. The van der Waals surface area contributed by atoms with Crippen LogP contribution < -0.4 is 0 Å². The van der Waals surface area contributed by atoms with Gasteiger partial charge in [-0.25, -0.2) is 0 Å². The zero-order valence-corrected chi connectivity index (χ0v) is 10.7. The number of hydrogen-bond acceptors (Lipinski definition) is 1. The molecule has 1 unspecified atom stereocenters. The van der Waals surface area contributed by atoms with E-state index in [1.165, 1.54) is 5.56 Å². The highest BCUT2D eigenvalue weighted by molar-refractivity contribution is 5.24. The number of rotatable bonds is 6. The van der Waals surface area contributed by atoms with Gasteiger partial charge in [0.05, 0.1) is 6.10 Å². The van der Waals surface area contributed by atoms with Crippen LogP contribution in [0.2, 0.25) is 0 Å². The first-order chi connectivity index (χ1) is 7.63. The summed E-state index contributed by atoms with van der Waals surface area (Å²) in [6.07, 6.45) is 3.94. The van der Waals surface area contributed by atoms with Gasteiger partial charge in [0.1, 0.15) is 0 Å². The van der Waals surface area contributed by atoms with E-state index in [1.807, 2.05) is 0 Å². The van der Waals surface area contributed by atoms with Gasteiger partial charge in [-0.05, 0) is 29.9 Å². The Bertz CT molecular complexity index is 287. The minimum absolute atomic E-state index is 0.284. The minimum atomic E-state index is -0.284. The molecule has 1 aromatic carbocycles. The van der Waals surface area contributed by atoms with Crippen LogP contribution in [0.4, 0.5) is 0 Å². The second-order valence-corrected chi connectivity index (χ2v) is 5.00. The standard InChI is InChI=1S/C15H24O/c1-4-5-6-15(16)14-9-7-13(8-10-14)11-12(2)3/h7-10,12,15-16H,4-6,11H2,1-3H3. The van der Waals surface area contributed by atoms with Gasteiger partial charge in [-0.15, -0.1) is 0 Å². The van der Waals surface area contributed by atoms with Crippen LogP contribution in [0.3, 0.4) is 0 Å². The smallest absolute Gasteiger partial charge is 0.0790 e. The van der Waals surface area contributed by atoms with Crippen molar-refractivity contribution in [1.29, 1.82) is 0 Å². The highest BCUT2D eigenvalue weighted by Crippen LogP contribution is 2.20. The SMILES string of the molecule is CCCCC(O)c1ccc(CC(C)C)cc1. The average Bonchev–Trinajstić information content (AvgIpc) is 2.26. The average molecular weight is 220 g/mol. The lowest BCUT2D eigenvalue weighted by atomic mass is 9.98. The normalized spacial score (nSPS) is 13.1. The quantitative estimate of drug-likeness (QED) is 0.765. The van der Waals surface area contributed by atoms with Crippen LogP contribution >= 0.6 is 0 Å². The summed E-state index contributed by atoms with van der Waals surface area (Å²) in [7, 11) is 0. The number of unbranched alkanes of at least 4 members (excludes halogenated alkanes) is 1. The summed E-state index contributed by atoms with van der Waals surface area (Å²) in [6.45, 7) is 6.60. The second kappa shape index (κ2) is 6.70. The van der Waals surface area contributed by atoms with Crippen LogP contribution in [0.5, 0.6) is 0 Å². The molecule has 0 radical (unpaired) electrons. The molecule has 0 saturated carbocycles. The van der Waals surface area contributed by atoms with Crippen LogP contribution in [0.15, 0.2) is 24.3 Å². The monoisotopic (exact) mass is 220 g/mol. The molecule has 0 heterocycles. The number of hydrogen-bond donors (Lipinski definition) is 1. The number of aliphatic hydroxyl groups is 1. The van der Waals surface area contributed by atoms with Gasteiger partial charge in [0.25, 0.3) is 0 Å². The van der Waals surface area contributed by atoms with Crippen LogP contribution in [0, 0.1) is 5.92 Å². The molecule has 1 heteroatoms. The van der Waals surface area contributed by atoms with E-state index in [2.05, 4.69) is 45.0 Å². The zero-order chi connectivity index (χ0) is 12.0. The molecule has 0 saturated heterocycles. The molecule has 0 aromatic heterocycles. The van der Waals surface area contributed by atoms with E-state index >= 15 is 0 Å². The Kier molecular flexibility index (Phi) is 5.54. The van der Waals surface area contributed by atoms with Gasteiger partial charge in [0, 0.05) is 0 Å². The molecule has 0 aliphatic carbocycles. The Morgan fingerprint density at radius 1 is 1.12 bits per heavy atom. The Morgan fingerprint density at radius 3 is 2.25 bits per heavy atom. The van der Waals surface area contributed by atoms with E-state index in [4.69, 9.17) is 0 Å². The molecule has 90 valence electrons. The van der Waals surface area contributed by atoms with Crippen LogP contribution in [-0.2, 0) is 6.42 Å². The van der Waals surface area contributed by atoms with Gasteiger partial charge >= 0.3 is 0 Å². The molecular formula is C15H24O. The topological polar surface area (TPSA) is 20.2 Å². The molecule has 0 bridgehead atoms. The molecule has 0 spiro atoms. The molecule has 1 aromatic rings. The fourth-order valence-corrected chi connectivity index (χ4v) is 1.91. The fraction of sp³-hybridized carbons (Fsp3) is 0.600. The first kappa shape index (κ1) is 13.2. The van der Waals surface area contributed by atoms with E-state index in [-0.39, 0.29) is 6.10 Å². The van der Waals surface area contributed by atoms with Crippen molar-refractivity contribution in [3.8, 4) is 0 Å². The van der Waals surface area contributed by atoms with Crippen molar-refractivity contribution in [2.75, 3.05) is 0 Å². The Balaban J connectivity index is 2.56. The molecule has 16 heavy (non-hydrogen) atoms. The van der Waals surface area contributed by atoms with Crippen molar-refractivity contribution in [2.45, 2.75) is 52.6 Å². The molecule has 0 fully saturated rings. The third-order valence-corrected chi connectivity index (χ3v) is 2.84. The van der Waals surface area contributed by atoms with Crippen LogP contribution in [-0.4, -0.2) is 5.11 Å². The van der Waals surface area contributed by atoms with Gasteiger partial charge in [0.2, 0.25) is 0 Å². The van der Waals surface area contributed by atoms with E-state index in [9.17, 15) is 5.11 Å². The Labute approximate surface area is 99.5 Å². The van der Waals surface area contributed by atoms with E-state index in [0.717, 1.165) is 31.2 Å². The van der Waals surface area contributed by atoms with Gasteiger partial charge in [-0.3, -0.25) is 0 Å². The Hall–Kier alpha value is -0.820. The third kappa shape index (κ3) is 4.36. The van der Waals surface area contributed by atoms with Gasteiger partial charge in [-0.1, -0.05) is 57.9 Å². The minimum Gasteiger partial charge on any atom is -0.388 e. The van der Waals surface area contributed by atoms with Crippen molar-refractivity contribution in [3.63, 3.8) is 0 Å². The first-order valence-electron chi connectivity index (χ1n) is 6.40. The molecule has 1 atom stereocenters. The van der Waals surface area contributed by atoms with Gasteiger partial charge in [-0.2, -0.15) is 0 Å². The molecule has 1 rings (SSSR count). The van der Waals surface area contributed by atoms with Gasteiger partial charge in [0.15, 0.2) is 0 Å². The summed E-state index contributed by atoms with van der Waals surface area (Å²) in [5, 5.41) is 9.92. The van der Waals surface area contributed by atoms with Crippen molar-refractivity contribution in [3.05, 3.63) is 35.4 Å². The summed E-state index contributed by atoms with van der Waals surface area (Å²) in [5.74, 6) is 0.691. The van der Waals surface area contributed by atoms with Crippen LogP contribution in [0.1, 0.15) is 57.3 Å². The maximum atomic E-state index is 9.92. The lowest BCUT2D eigenvalue weighted by Gasteiger charge is -2.11. The van der Waals surface area contributed by atoms with E-state index in [0.29, 0.717) is 5.92 Å². The predicted octanol–water partition coefficient (Wildman–Crippen LogP) is 4.11. The molecule has 0 aliphatic heterocycles. The first-order valence-corrected chi connectivity index (χ1v) is 6.40. The lowest BCUT2D eigenvalue weighted by Crippen LogP contribution is -1.99. The lowest BCUT2D eigenvalue weighted by molar-refractivity contribution is 0.164. The summed E-state index contributed by atoms with van der Waals surface area (Å²) in [6, 6.07) is 8.42. The number of benzene rings is 1. The van der Waals surface area contributed by atoms with Crippen molar-refractivity contribution >= 4 is 0 Å². The molecule has 0 amide bonds. The summed E-state index contributed by atoms with van der Waals surface area (Å²) >= 11 is 0. The molecule has 0 aliphatic rings. The maximum absolute atomic E-state index is 9.92. The van der Waals surface area contributed by atoms with Crippen molar-refractivity contribution in [2.24, 2.45) is 5.92 Å². The molecule has 1 nitrogen and oxygen atoms in total. The maximum Gasteiger partial charge on any atom is 0.0790 e. The molecular weight excluding hydrogens is 196 g/mol. The highest BCUT2D eigenvalue weighted by Gasteiger charge is 2.06. The highest BCUT2D eigenvalue weighted by atomic mass is 16.3. The molecule has 1 N–H and O–H groups in total. The van der Waals surface area contributed by atoms with Crippen molar-refractivity contribution < 1.29 is 5.11 Å². The van der Waals surface area contributed by atoms with Gasteiger partial charge < -0.3 is 5.11 Å². The summed E-state index contributed by atoms with van der Waals surface area (Å²) in [5.41, 5.74) is 2.42. The van der Waals surface area contributed by atoms with Crippen LogP contribution in [0.25, 0.3) is 0 Å². The number of aliphatic hydroxyl groups excluding tert-OH is 1. The Morgan fingerprint density at radius 2 is 1.75 bits per heavy atom.